The van der Waals surface area contributed by atoms with E-state index in [0.717, 1.165) is 6.07 Å². The van der Waals surface area contributed by atoms with Crippen LogP contribution >= 0.6 is 0 Å². The van der Waals surface area contributed by atoms with Crippen LogP contribution in [0.3, 0.4) is 0 Å². The lowest BCUT2D eigenvalue weighted by atomic mass is 10.0. The first-order chi connectivity index (χ1) is 13.8. The molecule has 0 aliphatic carbocycles. The van der Waals surface area contributed by atoms with Gasteiger partial charge in [-0.3, -0.25) is 10.1 Å². The fourth-order valence-corrected chi connectivity index (χ4v) is 5.40. The van der Waals surface area contributed by atoms with Crippen LogP contribution in [0.4, 0.5) is 5.69 Å². The minimum atomic E-state index is -4.07. The smallest absolute Gasteiger partial charge is 0.271 e. The fourth-order valence-electron chi connectivity index (χ4n) is 3.55. The van der Waals surface area contributed by atoms with E-state index in [4.69, 9.17) is 14.2 Å². The maximum atomic E-state index is 13.5. The van der Waals surface area contributed by atoms with Crippen molar-refractivity contribution in [2.45, 2.75) is 23.8 Å². The van der Waals surface area contributed by atoms with Crippen LogP contribution in [0.25, 0.3) is 0 Å². The van der Waals surface area contributed by atoms with Crippen LogP contribution in [-0.4, -0.2) is 45.5 Å². The van der Waals surface area contributed by atoms with Crippen LogP contribution in [0.1, 0.15) is 24.4 Å². The normalized spacial score (nSPS) is 17.1. The van der Waals surface area contributed by atoms with Crippen LogP contribution in [0.2, 0.25) is 0 Å². The molecular weight excluding hydrogens is 400 g/mol. The lowest BCUT2D eigenvalue weighted by Crippen LogP contribution is -2.31. The second kappa shape index (κ2) is 8.26. The monoisotopic (exact) mass is 422 g/mol. The van der Waals surface area contributed by atoms with Gasteiger partial charge in [0.2, 0.25) is 10.0 Å². The molecule has 2 aromatic carbocycles. The second-order valence-corrected chi connectivity index (χ2v) is 8.33. The van der Waals surface area contributed by atoms with Gasteiger partial charge in [-0.25, -0.2) is 8.42 Å². The quantitative estimate of drug-likeness (QED) is 0.498. The van der Waals surface area contributed by atoms with E-state index in [1.54, 1.807) is 18.2 Å². The Hall–Kier alpha value is -2.85. The highest BCUT2D eigenvalue weighted by Crippen LogP contribution is 2.43. The molecule has 1 heterocycles. The van der Waals surface area contributed by atoms with E-state index in [2.05, 4.69) is 0 Å². The summed E-state index contributed by atoms with van der Waals surface area (Å²) >= 11 is 0. The molecule has 1 atom stereocenters. The molecule has 0 radical (unpaired) electrons. The lowest BCUT2D eigenvalue weighted by Gasteiger charge is -2.26. The Kier molecular flexibility index (Phi) is 5.94. The average molecular weight is 422 g/mol. The van der Waals surface area contributed by atoms with Gasteiger partial charge in [0.15, 0.2) is 0 Å². The summed E-state index contributed by atoms with van der Waals surface area (Å²) in [7, 11) is 0.301. The third kappa shape index (κ3) is 3.85. The second-order valence-electron chi connectivity index (χ2n) is 6.47. The highest BCUT2D eigenvalue weighted by molar-refractivity contribution is 7.89. The minimum absolute atomic E-state index is 0.0545. The van der Waals surface area contributed by atoms with Crippen LogP contribution in [0, 0.1) is 10.1 Å². The Bertz CT molecular complexity index is 1020. The fraction of sp³-hybridized carbons (Fsp3) is 0.368. The van der Waals surface area contributed by atoms with Crippen molar-refractivity contribution in [2.24, 2.45) is 0 Å². The van der Waals surface area contributed by atoms with Crippen molar-refractivity contribution in [3.63, 3.8) is 0 Å². The van der Waals surface area contributed by atoms with Gasteiger partial charge in [-0.05, 0) is 37.1 Å². The number of hydrogen-bond donors (Lipinski definition) is 0. The molecule has 0 N–H and O–H groups in total. The third-order valence-corrected chi connectivity index (χ3v) is 6.87. The summed E-state index contributed by atoms with van der Waals surface area (Å²) in [4.78, 5) is 10.3. The molecular formula is C19H22N2O7S. The van der Waals surface area contributed by atoms with Crippen molar-refractivity contribution < 1.29 is 27.6 Å². The van der Waals surface area contributed by atoms with E-state index in [0.29, 0.717) is 29.9 Å². The lowest BCUT2D eigenvalue weighted by molar-refractivity contribution is -0.385. The number of rotatable bonds is 7. The summed E-state index contributed by atoms with van der Waals surface area (Å²) in [5, 5.41) is 11.2. The molecule has 0 saturated carbocycles. The number of nitrogens with zero attached hydrogens (tertiary/aromatic N) is 2. The molecule has 10 heteroatoms. The SMILES string of the molecule is COc1ccc(OC)c([C@H]2CCCN2S(=O)(=O)c2cc([N+](=O)[O-])ccc2OC)c1. The van der Waals surface area contributed by atoms with E-state index in [1.807, 2.05) is 0 Å². The predicted molar refractivity (Wildman–Crippen MR) is 105 cm³/mol. The van der Waals surface area contributed by atoms with Crippen molar-refractivity contribution in [1.29, 1.82) is 0 Å². The van der Waals surface area contributed by atoms with Gasteiger partial charge < -0.3 is 14.2 Å². The zero-order valence-electron chi connectivity index (χ0n) is 16.3. The number of hydrogen-bond acceptors (Lipinski definition) is 7. The number of nitro benzene ring substituents is 1. The number of ether oxygens (including phenoxy) is 3. The Balaban J connectivity index is 2.10. The number of methoxy groups -OCH3 is 3. The number of benzene rings is 2. The molecule has 1 aliphatic rings. The van der Waals surface area contributed by atoms with Gasteiger partial charge in [0.05, 0.1) is 32.3 Å². The first-order valence-corrected chi connectivity index (χ1v) is 10.3. The van der Waals surface area contributed by atoms with Gasteiger partial charge in [-0.2, -0.15) is 4.31 Å². The zero-order chi connectivity index (χ0) is 21.2. The van der Waals surface area contributed by atoms with Crippen molar-refractivity contribution in [3.8, 4) is 17.2 Å². The maximum Gasteiger partial charge on any atom is 0.271 e. The number of non-ortho nitro benzene ring substituents is 1. The molecule has 1 fully saturated rings. The molecule has 0 bridgehead atoms. The van der Waals surface area contributed by atoms with E-state index < -0.39 is 21.0 Å². The van der Waals surface area contributed by atoms with Gasteiger partial charge in [-0.1, -0.05) is 0 Å². The van der Waals surface area contributed by atoms with Crippen LogP contribution in [-0.2, 0) is 10.0 Å². The largest absolute Gasteiger partial charge is 0.497 e. The molecule has 0 aromatic heterocycles. The first kappa shape index (κ1) is 20.9. The van der Waals surface area contributed by atoms with E-state index in [-0.39, 0.29) is 22.9 Å². The Labute approximate surface area is 169 Å². The molecule has 0 unspecified atom stereocenters. The summed E-state index contributed by atoms with van der Waals surface area (Å²) in [6.45, 7) is 0.277. The molecule has 29 heavy (non-hydrogen) atoms. The van der Waals surface area contributed by atoms with Gasteiger partial charge in [0.25, 0.3) is 5.69 Å². The van der Waals surface area contributed by atoms with E-state index >= 15 is 0 Å². The summed E-state index contributed by atoms with van der Waals surface area (Å²) in [6, 6.07) is 8.26. The number of sulfonamides is 1. The van der Waals surface area contributed by atoms with Gasteiger partial charge in [-0.15, -0.1) is 0 Å². The molecule has 0 amide bonds. The van der Waals surface area contributed by atoms with Gasteiger partial charge >= 0.3 is 0 Å². The molecule has 9 nitrogen and oxygen atoms in total. The Morgan fingerprint density at radius 2 is 1.72 bits per heavy atom. The van der Waals surface area contributed by atoms with E-state index in [9.17, 15) is 18.5 Å². The van der Waals surface area contributed by atoms with Crippen molar-refractivity contribution in [3.05, 3.63) is 52.1 Å². The highest BCUT2D eigenvalue weighted by atomic mass is 32.2. The van der Waals surface area contributed by atoms with Crippen LogP contribution < -0.4 is 14.2 Å². The molecule has 2 aromatic rings. The summed E-state index contributed by atoms with van der Waals surface area (Å²) in [6.07, 6.45) is 1.22. The molecule has 1 aliphatic heterocycles. The Morgan fingerprint density at radius 1 is 1.03 bits per heavy atom. The molecule has 1 saturated heterocycles. The Morgan fingerprint density at radius 3 is 2.34 bits per heavy atom. The van der Waals surface area contributed by atoms with E-state index in [1.165, 1.54) is 37.8 Å². The van der Waals surface area contributed by atoms with Crippen LogP contribution in [0.15, 0.2) is 41.3 Å². The average Bonchev–Trinajstić information content (AvgIpc) is 3.23. The predicted octanol–water partition coefficient (Wildman–Crippen LogP) is 3.15. The summed E-state index contributed by atoms with van der Waals surface area (Å²) in [5.41, 5.74) is 0.358. The zero-order valence-corrected chi connectivity index (χ0v) is 17.1. The first-order valence-electron chi connectivity index (χ1n) is 8.89. The number of nitro groups is 1. The summed E-state index contributed by atoms with van der Waals surface area (Å²) in [5.74, 6) is 1.18. The highest BCUT2D eigenvalue weighted by Gasteiger charge is 2.39. The summed E-state index contributed by atoms with van der Waals surface area (Å²) < 4.78 is 44.2. The maximum absolute atomic E-state index is 13.5. The minimum Gasteiger partial charge on any atom is -0.497 e. The van der Waals surface area contributed by atoms with Crippen molar-refractivity contribution >= 4 is 15.7 Å². The third-order valence-electron chi connectivity index (χ3n) is 4.94. The van der Waals surface area contributed by atoms with Crippen LogP contribution in [0.5, 0.6) is 17.2 Å². The molecule has 156 valence electrons. The standard InChI is InChI=1S/C19H22N2O7S/c1-26-14-7-9-17(27-2)15(12-14)16-5-4-10-20(16)29(24,25)19-11-13(21(22)23)6-8-18(19)28-3/h6-9,11-12,16H,4-5,10H2,1-3H3/t16-/m1/s1. The van der Waals surface area contributed by atoms with Gasteiger partial charge in [0.1, 0.15) is 22.1 Å². The molecule has 0 spiro atoms. The van der Waals surface area contributed by atoms with Crippen molar-refractivity contribution in [2.75, 3.05) is 27.9 Å². The van der Waals surface area contributed by atoms with Crippen molar-refractivity contribution in [1.82, 2.24) is 4.31 Å². The molecule has 3 rings (SSSR count). The topological polar surface area (TPSA) is 108 Å². The van der Waals surface area contributed by atoms with Gasteiger partial charge in [0, 0.05) is 24.2 Å².